The van der Waals surface area contributed by atoms with Crippen LogP contribution in [0.4, 0.5) is 17.6 Å². The van der Waals surface area contributed by atoms with E-state index in [0.29, 0.717) is 5.56 Å². The lowest BCUT2D eigenvalue weighted by atomic mass is 10.0. The molecule has 1 unspecified atom stereocenters. The Labute approximate surface area is 103 Å². The van der Waals surface area contributed by atoms with Crippen molar-refractivity contribution in [3.8, 4) is 0 Å². The van der Waals surface area contributed by atoms with Crippen LogP contribution >= 0.6 is 0 Å². The summed E-state index contributed by atoms with van der Waals surface area (Å²) in [5, 5.41) is 0. The molecular weight excluding hydrogens is 250 g/mol. The quantitative estimate of drug-likeness (QED) is 0.656. The van der Waals surface area contributed by atoms with Crippen molar-refractivity contribution < 1.29 is 22.3 Å². The first kappa shape index (κ1) is 14.9. The maximum Gasteiger partial charge on any atom is 0.411 e. The van der Waals surface area contributed by atoms with E-state index in [1.165, 1.54) is 6.07 Å². The number of alkyl halides is 3. The second-order valence-corrected chi connectivity index (χ2v) is 4.09. The highest BCUT2D eigenvalue weighted by atomic mass is 19.4. The first-order valence-electron chi connectivity index (χ1n) is 5.46. The fourth-order valence-electron chi connectivity index (χ4n) is 1.50. The average molecular weight is 265 g/mol. The third-order valence-corrected chi connectivity index (χ3v) is 2.39. The molecule has 0 amide bonds. The number of rotatable bonds is 5. The predicted octanol–water partition coefficient (Wildman–Crippen LogP) is 3.10. The summed E-state index contributed by atoms with van der Waals surface area (Å²) in [6.07, 6.45) is -4.21. The van der Waals surface area contributed by atoms with Crippen LogP contribution in [0.1, 0.15) is 23.6 Å². The Kier molecular flexibility index (Phi) is 5.10. The molecule has 0 fully saturated rings. The molecule has 0 aliphatic rings. The van der Waals surface area contributed by atoms with Gasteiger partial charge in [-0.3, -0.25) is 0 Å². The Morgan fingerprint density at radius 2 is 2.00 bits per heavy atom. The van der Waals surface area contributed by atoms with Gasteiger partial charge in [-0.2, -0.15) is 13.2 Å². The van der Waals surface area contributed by atoms with Crippen molar-refractivity contribution in [3.63, 3.8) is 0 Å². The van der Waals surface area contributed by atoms with Gasteiger partial charge in [-0.1, -0.05) is 17.7 Å². The molecule has 6 heteroatoms. The smallest absolute Gasteiger partial charge is 0.372 e. The van der Waals surface area contributed by atoms with Crippen molar-refractivity contribution in [3.05, 3.63) is 35.1 Å². The van der Waals surface area contributed by atoms with Gasteiger partial charge in [0, 0.05) is 18.2 Å². The van der Waals surface area contributed by atoms with Gasteiger partial charge in [0.2, 0.25) is 0 Å². The lowest BCUT2D eigenvalue weighted by Gasteiger charge is -2.14. The average Bonchev–Trinajstić information content (AvgIpc) is 2.26. The fourth-order valence-corrected chi connectivity index (χ4v) is 1.50. The number of ether oxygens (including phenoxy) is 1. The highest BCUT2D eigenvalue weighted by Gasteiger charge is 2.27. The number of hydrogen-bond acceptors (Lipinski definition) is 2. The van der Waals surface area contributed by atoms with Crippen LogP contribution in [0, 0.1) is 12.7 Å². The van der Waals surface area contributed by atoms with E-state index in [0.717, 1.165) is 5.56 Å². The molecule has 0 spiro atoms. The number of nitrogens with two attached hydrogens (primary N) is 1. The summed E-state index contributed by atoms with van der Waals surface area (Å²) in [6, 6.07) is 3.81. The zero-order chi connectivity index (χ0) is 13.8. The minimum absolute atomic E-state index is 0.135. The molecule has 1 aromatic carbocycles. The zero-order valence-electron chi connectivity index (χ0n) is 9.93. The predicted molar refractivity (Wildman–Crippen MR) is 59.6 cm³/mol. The SMILES string of the molecule is Cc1ccc(F)c(C(N)CCOCC(F)(F)F)c1. The Balaban J connectivity index is 2.45. The molecule has 18 heavy (non-hydrogen) atoms. The molecule has 1 atom stereocenters. The molecule has 2 N–H and O–H groups in total. The zero-order valence-corrected chi connectivity index (χ0v) is 9.93. The van der Waals surface area contributed by atoms with Crippen LogP contribution < -0.4 is 5.73 Å². The molecule has 1 aromatic rings. The Bertz CT molecular complexity index is 392. The molecule has 0 aliphatic carbocycles. The van der Waals surface area contributed by atoms with E-state index in [2.05, 4.69) is 4.74 Å². The van der Waals surface area contributed by atoms with Crippen LogP contribution in [-0.2, 0) is 4.74 Å². The summed E-state index contributed by atoms with van der Waals surface area (Å²) < 4.78 is 53.3. The maximum atomic E-state index is 13.4. The van der Waals surface area contributed by atoms with Crippen LogP contribution in [0.25, 0.3) is 0 Å². The van der Waals surface area contributed by atoms with E-state index in [9.17, 15) is 17.6 Å². The van der Waals surface area contributed by atoms with Gasteiger partial charge in [0.1, 0.15) is 12.4 Å². The van der Waals surface area contributed by atoms with Crippen LogP contribution in [0.2, 0.25) is 0 Å². The molecular formula is C12H15F4NO. The molecule has 0 radical (unpaired) electrons. The molecule has 0 heterocycles. The van der Waals surface area contributed by atoms with E-state index in [1.807, 2.05) is 0 Å². The minimum Gasteiger partial charge on any atom is -0.372 e. The Morgan fingerprint density at radius 3 is 2.61 bits per heavy atom. The summed E-state index contributed by atoms with van der Waals surface area (Å²) in [5.74, 6) is -0.455. The fraction of sp³-hybridized carbons (Fsp3) is 0.500. The minimum atomic E-state index is -4.35. The molecule has 0 aromatic heterocycles. The van der Waals surface area contributed by atoms with E-state index >= 15 is 0 Å². The van der Waals surface area contributed by atoms with Crippen LogP contribution in [-0.4, -0.2) is 19.4 Å². The van der Waals surface area contributed by atoms with E-state index in [1.54, 1.807) is 19.1 Å². The lowest BCUT2D eigenvalue weighted by molar-refractivity contribution is -0.174. The van der Waals surface area contributed by atoms with Gasteiger partial charge in [0.05, 0.1) is 0 Å². The van der Waals surface area contributed by atoms with Crippen molar-refractivity contribution in [2.45, 2.75) is 25.6 Å². The highest BCUT2D eigenvalue weighted by molar-refractivity contribution is 5.26. The largest absolute Gasteiger partial charge is 0.411 e. The monoisotopic (exact) mass is 265 g/mol. The second-order valence-electron chi connectivity index (χ2n) is 4.09. The standard InChI is InChI=1S/C12H15F4NO/c1-8-2-3-10(13)9(6-8)11(17)4-5-18-7-12(14,15)16/h2-3,6,11H,4-5,7,17H2,1H3. The van der Waals surface area contributed by atoms with Gasteiger partial charge in [-0.05, 0) is 19.4 Å². The molecule has 0 saturated carbocycles. The van der Waals surface area contributed by atoms with E-state index in [-0.39, 0.29) is 13.0 Å². The third kappa shape index (κ3) is 5.01. The van der Waals surface area contributed by atoms with Crippen molar-refractivity contribution in [2.75, 3.05) is 13.2 Å². The van der Waals surface area contributed by atoms with Gasteiger partial charge in [0.15, 0.2) is 0 Å². The molecule has 1 rings (SSSR count). The van der Waals surface area contributed by atoms with Gasteiger partial charge in [0.25, 0.3) is 0 Å². The van der Waals surface area contributed by atoms with Crippen LogP contribution in [0.5, 0.6) is 0 Å². The van der Waals surface area contributed by atoms with Crippen molar-refractivity contribution >= 4 is 0 Å². The summed E-state index contributed by atoms with van der Waals surface area (Å²) in [4.78, 5) is 0. The summed E-state index contributed by atoms with van der Waals surface area (Å²) in [6.45, 7) is 0.319. The van der Waals surface area contributed by atoms with Crippen LogP contribution in [0.15, 0.2) is 18.2 Å². The summed E-state index contributed by atoms with van der Waals surface area (Å²) >= 11 is 0. The maximum absolute atomic E-state index is 13.4. The molecule has 2 nitrogen and oxygen atoms in total. The van der Waals surface area contributed by atoms with E-state index in [4.69, 9.17) is 5.73 Å². The van der Waals surface area contributed by atoms with Crippen molar-refractivity contribution in [1.82, 2.24) is 0 Å². The van der Waals surface area contributed by atoms with Crippen molar-refractivity contribution in [1.29, 1.82) is 0 Å². The second kappa shape index (κ2) is 6.15. The van der Waals surface area contributed by atoms with E-state index < -0.39 is 24.6 Å². The number of benzene rings is 1. The topological polar surface area (TPSA) is 35.2 Å². The molecule has 102 valence electrons. The number of hydrogen-bond donors (Lipinski definition) is 1. The van der Waals surface area contributed by atoms with Gasteiger partial charge < -0.3 is 10.5 Å². The Morgan fingerprint density at radius 1 is 1.33 bits per heavy atom. The highest BCUT2D eigenvalue weighted by Crippen LogP contribution is 2.20. The number of aryl methyl sites for hydroxylation is 1. The first-order valence-corrected chi connectivity index (χ1v) is 5.46. The van der Waals surface area contributed by atoms with Crippen molar-refractivity contribution in [2.24, 2.45) is 5.73 Å². The van der Waals surface area contributed by atoms with Gasteiger partial charge in [-0.25, -0.2) is 4.39 Å². The molecule has 0 bridgehead atoms. The lowest BCUT2D eigenvalue weighted by Crippen LogP contribution is -2.20. The molecule has 0 aliphatic heterocycles. The molecule has 0 saturated heterocycles. The normalized spacial score (nSPS) is 13.7. The van der Waals surface area contributed by atoms with Crippen LogP contribution in [0.3, 0.4) is 0 Å². The summed E-state index contributed by atoms with van der Waals surface area (Å²) in [5.41, 5.74) is 6.86. The summed E-state index contributed by atoms with van der Waals surface area (Å²) in [7, 11) is 0. The van der Waals surface area contributed by atoms with Gasteiger partial charge >= 0.3 is 6.18 Å². The Hall–Kier alpha value is -1.14. The number of halogens is 4. The third-order valence-electron chi connectivity index (χ3n) is 2.39. The first-order chi connectivity index (χ1) is 8.29. The van der Waals surface area contributed by atoms with Gasteiger partial charge in [-0.15, -0.1) is 0 Å².